The molecule has 6 nitrogen and oxygen atoms in total. The summed E-state index contributed by atoms with van der Waals surface area (Å²) >= 11 is 0. The number of fused-ring (bicyclic) bond motifs is 1. The molecule has 0 radical (unpaired) electrons. The van der Waals surface area contributed by atoms with Gasteiger partial charge in [0, 0.05) is 30.8 Å². The van der Waals surface area contributed by atoms with Crippen molar-refractivity contribution in [3.8, 4) is 0 Å². The number of pyridine rings is 1. The summed E-state index contributed by atoms with van der Waals surface area (Å²) in [7, 11) is 1.88. The van der Waals surface area contributed by atoms with E-state index in [0.717, 1.165) is 12.5 Å². The minimum Gasteiger partial charge on any atom is -0.618 e. The third-order valence-electron chi connectivity index (χ3n) is 8.09. The molecule has 202 valence electrons. The predicted molar refractivity (Wildman–Crippen MR) is 116 cm³/mol. The summed E-state index contributed by atoms with van der Waals surface area (Å²) in [6, 6.07) is 0.729. The van der Waals surface area contributed by atoms with Gasteiger partial charge in [-0.05, 0) is 44.7 Å². The van der Waals surface area contributed by atoms with Crippen molar-refractivity contribution < 1.29 is 40.6 Å². The summed E-state index contributed by atoms with van der Waals surface area (Å²) in [6.45, 7) is 2.84. The standard InChI is InChI=1S/C24H31F6N3O3/c1-15-13-36-8-5-19(15)31(2)18-3-6-22(10-18,14-23(25,26)27)21(34)32-7-4-20-16(11-32)9-17(12-33(20)35)24(28,29)30/h9,12,15,18-19H,3-8,10-11,13-14H2,1-2H3/t15?,18-,19?,22+/m1/s1. The number of amides is 1. The molecule has 4 atom stereocenters. The molecule has 3 heterocycles. The molecule has 3 aliphatic rings. The van der Waals surface area contributed by atoms with Gasteiger partial charge in [-0.3, -0.25) is 9.69 Å². The number of nitrogens with zero attached hydrogens (tertiary/aromatic N) is 3. The van der Waals surface area contributed by atoms with Crippen LogP contribution in [0.25, 0.3) is 0 Å². The third-order valence-corrected chi connectivity index (χ3v) is 8.09. The van der Waals surface area contributed by atoms with E-state index in [-0.39, 0.29) is 66.3 Å². The van der Waals surface area contributed by atoms with Crippen molar-refractivity contribution in [2.45, 2.75) is 76.4 Å². The maximum Gasteiger partial charge on any atom is 0.422 e. The zero-order valence-electron chi connectivity index (χ0n) is 20.3. The van der Waals surface area contributed by atoms with Crippen molar-refractivity contribution in [3.63, 3.8) is 0 Å². The van der Waals surface area contributed by atoms with Crippen LogP contribution < -0.4 is 4.73 Å². The minimum atomic E-state index is -4.75. The molecule has 1 saturated heterocycles. The second-order valence-corrected chi connectivity index (χ2v) is 10.5. The molecular formula is C24H31F6N3O3. The third kappa shape index (κ3) is 5.44. The largest absolute Gasteiger partial charge is 0.618 e. The normalized spacial score (nSPS) is 29.5. The fourth-order valence-electron chi connectivity index (χ4n) is 6.26. The molecule has 2 unspecified atom stereocenters. The molecule has 4 rings (SSSR count). The van der Waals surface area contributed by atoms with Crippen LogP contribution in [0.2, 0.25) is 0 Å². The quantitative estimate of drug-likeness (QED) is 0.339. The van der Waals surface area contributed by atoms with E-state index in [1.165, 1.54) is 4.90 Å². The van der Waals surface area contributed by atoms with Gasteiger partial charge in [0.25, 0.3) is 0 Å². The van der Waals surface area contributed by atoms with Crippen molar-refractivity contribution in [2.75, 3.05) is 26.8 Å². The number of hydrogen-bond donors (Lipinski definition) is 0. The van der Waals surface area contributed by atoms with E-state index in [9.17, 15) is 36.3 Å². The zero-order valence-corrected chi connectivity index (χ0v) is 20.3. The maximum absolute atomic E-state index is 13.7. The van der Waals surface area contributed by atoms with Crippen LogP contribution in [0.1, 0.15) is 55.8 Å². The van der Waals surface area contributed by atoms with Gasteiger partial charge in [-0.1, -0.05) is 6.92 Å². The van der Waals surface area contributed by atoms with Gasteiger partial charge in [-0.15, -0.1) is 0 Å². The Hall–Kier alpha value is -2.08. The van der Waals surface area contributed by atoms with Crippen molar-refractivity contribution in [1.82, 2.24) is 9.80 Å². The molecule has 2 fully saturated rings. The molecule has 2 aliphatic heterocycles. The molecule has 1 aromatic rings. The van der Waals surface area contributed by atoms with E-state index in [2.05, 4.69) is 4.90 Å². The average molecular weight is 524 g/mol. The first-order valence-electron chi connectivity index (χ1n) is 12.2. The molecule has 12 heteroatoms. The first kappa shape index (κ1) is 27.0. The summed E-state index contributed by atoms with van der Waals surface area (Å²) in [5.74, 6) is -0.492. The van der Waals surface area contributed by atoms with Crippen LogP contribution in [0.4, 0.5) is 26.3 Å². The van der Waals surface area contributed by atoms with E-state index in [0.29, 0.717) is 25.8 Å². The van der Waals surface area contributed by atoms with Crippen LogP contribution >= 0.6 is 0 Å². The van der Waals surface area contributed by atoms with Crippen LogP contribution in [-0.4, -0.2) is 60.8 Å². The Kier molecular flexibility index (Phi) is 7.24. The van der Waals surface area contributed by atoms with Gasteiger partial charge in [0.15, 0.2) is 11.9 Å². The zero-order chi connectivity index (χ0) is 26.5. The molecule has 0 spiro atoms. The van der Waals surface area contributed by atoms with Crippen molar-refractivity contribution in [2.24, 2.45) is 11.3 Å². The van der Waals surface area contributed by atoms with Crippen molar-refractivity contribution in [1.29, 1.82) is 0 Å². The first-order chi connectivity index (χ1) is 16.7. The molecular weight excluding hydrogens is 492 g/mol. The van der Waals surface area contributed by atoms with Gasteiger partial charge < -0.3 is 14.8 Å². The summed E-state index contributed by atoms with van der Waals surface area (Å²) in [5, 5.41) is 12.2. The second-order valence-electron chi connectivity index (χ2n) is 10.5. The summed E-state index contributed by atoms with van der Waals surface area (Å²) in [5.41, 5.74) is -2.71. The fraction of sp³-hybridized carbons (Fsp3) is 0.750. The van der Waals surface area contributed by atoms with E-state index in [1.807, 2.05) is 14.0 Å². The Balaban J connectivity index is 1.57. The number of hydrogen-bond acceptors (Lipinski definition) is 4. The highest BCUT2D eigenvalue weighted by Gasteiger charge is 2.54. The molecule has 0 aromatic carbocycles. The molecule has 1 amide bonds. The van der Waals surface area contributed by atoms with Crippen molar-refractivity contribution in [3.05, 3.63) is 34.3 Å². The van der Waals surface area contributed by atoms with Gasteiger partial charge >= 0.3 is 12.4 Å². The van der Waals surface area contributed by atoms with Gasteiger partial charge in [0.1, 0.15) is 5.56 Å². The number of carbonyl (C=O) groups is 1. The fourth-order valence-corrected chi connectivity index (χ4v) is 6.26. The Morgan fingerprint density at radius 3 is 2.64 bits per heavy atom. The molecule has 36 heavy (non-hydrogen) atoms. The monoisotopic (exact) mass is 523 g/mol. The Morgan fingerprint density at radius 1 is 1.28 bits per heavy atom. The highest BCUT2D eigenvalue weighted by molar-refractivity contribution is 5.83. The molecule has 0 bridgehead atoms. The van der Waals surface area contributed by atoms with E-state index < -0.39 is 35.7 Å². The SMILES string of the molecule is CC1COCCC1N(C)[C@@H]1CC[C@](CC(F)(F)F)(C(=O)N2CCc3c(cc(C(F)(F)F)c[n+]3[O-])C2)C1. The molecule has 1 saturated carbocycles. The lowest BCUT2D eigenvalue weighted by Gasteiger charge is -2.41. The first-order valence-corrected chi connectivity index (χ1v) is 12.2. The highest BCUT2D eigenvalue weighted by atomic mass is 19.4. The topological polar surface area (TPSA) is 59.7 Å². The smallest absolute Gasteiger partial charge is 0.422 e. The van der Waals surface area contributed by atoms with Gasteiger partial charge in [-0.2, -0.15) is 31.1 Å². The van der Waals surface area contributed by atoms with Crippen LogP contribution in [0, 0.1) is 16.5 Å². The van der Waals surface area contributed by atoms with Crippen LogP contribution in [0.5, 0.6) is 0 Å². The predicted octanol–water partition coefficient (Wildman–Crippen LogP) is 4.07. The second kappa shape index (κ2) is 9.66. The Bertz CT molecular complexity index is 985. The molecule has 0 N–H and O–H groups in total. The summed E-state index contributed by atoms with van der Waals surface area (Å²) in [4.78, 5) is 17.0. The van der Waals surface area contributed by atoms with Gasteiger partial charge in [0.05, 0.1) is 31.4 Å². The number of alkyl halides is 6. The van der Waals surface area contributed by atoms with E-state index in [4.69, 9.17) is 4.74 Å². The Morgan fingerprint density at radius 2 is 2.00 bits per heavy atom. The number of rotatable bonds is 4. The van der Waals surface area contributed by atoms with Crippen LogP contribution in [-0.2, 0) is 28.7 Å². The molecule has 1 aliphatic carbocycles. The lowest BCUT2D eigenvalue weighted by Crippen LogP contribution is -2.51. The Labute approximate surface area is 205 Å². The lowest BCUT2D eigenvalue weighted by atomic mass is 9.79. The maximum atomic E-state index is 13.7. The van der Waals surface area contributed by atoms with Gasteiger partial charge in [0.2, 0.25) is 5.91 Å². The summed E-state index contributed by atoms with van der Waals surface area (Å²) < 4.78 is 86.5. The number of ether oxygens (including phenoxy) is 1. The van der Waals surface area contributed by atoms with Crippen molar-refractivity contribution >= 4 is 5.91 Å². The molecule has 1 aromatic heterocycles. The number of aromatic nitrogens is 1. The minimum absolute atomic E-state index is 0.0173. The van der Waals surface area contributed by atoms with E-state index >= 15 is 0 Å². The van der Waals surface area contributed by atoms with E-state index in [1.54, 1.807) is 0 Å². The summed E-state index contributed by atoms with van der Waals surface area (Å²) in [6.07, 6.45) is -8.92. The average Bonchev–Trinajstić information content (AvgIpc) is 3.21. The lowest BCUT2D eigenvalue weighted by molar-refractivity contribution is -0.616. The number of halogens is 6. The van der Waals surface area contributed by atoms with Crippen LogP contribution in [0.15, 0.2) is 12.3 Å². The van der Waals surface area contributed by atoms with Gasteiger partial charge in [-0.25, -0.2) is 0 Å². The number of carbonyl (C=O) groups excluding carboxylic acids is 1. The van der Waals surface area contributed by atoms with Crippen LogP contribution in [0.3, 0.4) is 0 Å². The highest BCUT2D eigenvalue weighted by Crippen LogP contribution is 2.49.